The van der Waals surface area contributed by atoms with Gasteiger partial charge in [0.2, 0.25) is 17.8 Å². The first kappa shape index (κ1) is 20.8. The lowest BCUT2D eigenvalue weighted by molar-refractivity contribution is -0.126. The number of anilines is 1. The minimum absolute atomic E-state index is 0.105. The van der Waals surface area contributed by atoms with Crippen molar-refractivity contribution < 1.29 is 19.1 Å². The summed E-state index contributed by atoms with van der Waals surface area (Å²) in [5.74, 6) is -0.0550. The van der Waals surface area contributed by atoms with Gasteiger partial charge in [0.15, 0.2) is 0 Å². The molecule has 3 N–H and O–H groups in total. The van der Waals surface area contributed by atoms with E-state index in [-0.39, 0.29) is 36.8 Å². The van der Waals surface area contributed by atoms with E-state index in [0.29, 0.717) is 56.7 Å². The molecule has 0 aromatic carbocycles. The monoisotopic (exact) mass is 381 g/mol. The molecule has 2 heterocycles. The van der Waals surface area contributed by atoms with Crippen LogP contribution in [0, 0.1) is 6.92 Å². The Balaban J connectivity index is 1.83. The molecule has 1 aromatic heterocycles. The molecule has 1 saturated heterocycles. The second-order valence-electron chi connectivity index (χ2n) is 6.17. The summed E-state index contributed by atoms with van der Waals surface area (Å²) in [6.07, 6.45) is 0.364. The number of ether oxygens (including phenoxy) is 2. The third-order valence-electron chi connectivity index (χ3n) is 4.20. The molecule has 0 unspecified atom stereocenters. The summed E-state index contributed by atoms with van der Waals surface area (Å²) in [6.45, 7) is 5.01. The summed E-state index contributed by atoms with van der Waals surface area (Å²) in [5, 5.41) is 5.15. The largest absolute Gasteiger partial charge is 0.383 e. The van der Waals surface area contributed by atoms with Crippen LogP contribution in [0.25, 0.3) is 0 Å². The highest BCUT2D eigenvalue weighted by Gasteiger charge is 2.16. The molecule has 150 valence electrons. The molecule has 0 aliphatic carbocycles. The van der Waals surface area contributed by atoms with Gasteiger partial charge in [-0.3, -0.25) is 19.4 Å². The molecule has 10 nitrogen and oxygen atoms in total. The van der Waals surface area contributed by atoms with Gasteiger partial charge in [-0.25, -0.2) is 4.98 Å². The van der Waals surface area contributed by atoms with Gasteiger partial charge in [-0.1, -0.05) is 0 Å². The number of morpholine rings is 1. The van der Waals surface area contributed by atoms with Crippen LogP contribution in [0.2, 0.25) is 0 Å². The molecule has 1 aliphatic heterocycles. The molecule has 0 atom stereocenters. The fraction of sp³-hybridized carbons (Fsp3) is 0.647. The Hall–Kier alpha value is -2.46. The zero-order valence-corrected chi connectivity index (χ0v) is 15.8. The maximum atomic E-state index is 12.4. The topological polar surface area (TPSA) is 126 Å². The van der Waals surface area contributed by atoms with Crippen molar-refractivity contribution in [3.8, 4) is 0 Å². The molecule has 2 amide bonds. The summed E-state index contributed by atoms with van der Waals surface area (Å²) in [5.41, 5.74) is 0.839. The zero-order chi connectivity index (χ0) is 19.6. The molecule has 10 heteroatoms. The smallest absolute Gasteiger partial charge is 0.255 e. The summed E-state index contributed by atoms with van der Waals surface area (Å²) < 4.78 is 10.1. The van der Waals surface area contributed by atoms with Crippen LogP contribution in [0.5, 0.6) is 0 Å². The van der Waals surface area contributed by atoms with Gasteiger partial charge in [-0.15, -0.1) is 0 Å². The van der Waals surface area contributed by atoms with Crippen molar-refractivity contribution in [1.82, 2.24) is 20.6 Å². The van der Waals surface area contributed by atoms with Crippen molar-refractivity contribution in [3.63, 3.8) is 0 Å². The fourth-order valence-electron chi connectivity index (χ4n) is 2.68. The Morgan fingerprint density at radius 1 is 1.26 bits per heavy atom. The molecular formula is C17H27N5O5. The average molecular weight is 381 g/mol. The van der Waals surface area contributed by atoms with Gasteiger partial charge >= 0.3 is 0 Å². The van der Waals surface area contributed by atoms with Crippen molar-refractivity contribution in [2.24, 2.45) is 0 Å². The van der Waals surface area contributed by atoms with E-state index in [1.165, 1.54) is 0 Å². The number of nitrogens with one attached hydrogen (secondary N) is 3. The van der Waals surface area contributed by atoms with Crippen molar-refractivity contribution in [3.05, 3.63) is 21.6 Å². The number of H-pyrrole nitrogens is 1. The standard InChI is InChI=1S/C17H27N5O5/c1-12-13(3-4-14(23)19-11-15(24)18-5-8-26-2)16(25)21-17(20-12)22-6-9-27-10-7-22/h3-11H2,1-2H3,(H,18,24)(H,19,23)(H,20,21,25). The van der Waals surface area contributed by atoms with Crippen molar-refractivity contribution in [2.45, 2.75) is 19.8 Å². The predicted molar refractivity (Wildman–Crippen MR) is 98.8 cm³/mol. The molecule has 0 spiro atoms. The quantitative estimate of drug-likeness (QED) is 0.455. The number of carbonyl (C=O) groups excluding carboxylic acids is 2. The van der Waals surface area contributed by atoms with E-state index in [1.54, 1.807) is 14.0 Å². The first-order valence-electron chi connectivity index (χ1n) is 8.96. The lowest BCUT2D eigenvalue weighted by atomic mass is 10.1. The van der Waals surface area contributed by atoms with Crippen LogP contribution in [0.4, 0.5) is 5.95 Å². The lowest BCUT2D eigenvalue weighted by Gasteiger charge is -2.27. The second kappa shape index (κ2) is 10.6. The third kappa shape index (κ3) is 6.65. The normalized spacial score (nSPS) is 14.1. The van der Waals surface area contributed by atoms with Crippen LogP contribution >= 0.6 is 0 Å². The fourth-order valence-corrected chi connectivity index (χ4v) is 2.68. The van der Waals surface area contributed by atoms with Crippen LogP contribution < -0.4 is 21.1 Å². The highest BCUT2D eigenvalue weighted by Crippen LogP contribution is 2.11. The summed E-state index contributed by atoms with van der Waals surface area (Å²) in [4.78, 5) is 45.0. The molecule has 1 aromatic rings. The van der Waals surface area contributed by atoms with E-state index in [1.807, 2.05) is 4.90 Å². The van der Waals surface area contributed by atoms with Gasteiger partial charge in [0.25, 0.3) is 5.56 Å². The molecule has 27 heavy (non-hydrogen) atoms. The molecule has 2 rings (SSSR count). The van der Waals surface area contributed by atoms with E-state index >= 15 is 0 Å². The Morgan fingerprint density at radius 2 is 2.00 bits per heavy atom. The molecule has 0 radical (unpaired) electrons. The summed E-state index contributed by atoms with van der Waals surface area (Å²) in [7, 11) is 1.54. The number of rotatable bonds is 9. The molecule has 0 bridgehead atoms. The molecule has 1 fully saturated rings. The molecule has 1 aliphatic rings. The van der Waals surface area contributed by atoms with Gasteiger partial charge in [0.1, 0.15) is 0 Å². The van der Waals surface area contributed by atoms with E-state index in [4.69, 9.17) is 9.47 Å². The number of carbonyl (C=O) groups is 2. The van der Waals surface area contributed by atoms with E-state index < -0.39 is 0 Å². The molecule has 0 saturated carbocycles. The molecular weight excluding hydrogens is 354 g/mol. The number of hydrogen-bond donors (Lipinski definition) is 3. The third-order valence-corrected chi connectivity index (χ3v) is 4.20. The van der Waals surface area contributed by atoms with Crippen LogP contribution in [-0.2, 0) is 25.5 Å². The maximum absolute atomic E-state index is 12.4. The van der Waals surface area contributed by atoms with Crippen LogP contribution in [0.1, 0.15) is 17.7 Å². The van der Waals surface area contributed by atoms with Gasteiger partial charge in [0, 0.05) is 44.4 Å². The second-order valence-corrected chi connectivity index (χ2v) is 6.17. The Labute approximate surface area is 157 Å². The van der Waals surface area contributed by atoms with Gasteiger partial charge < -0.3 is 25.0 Å². The number of hydrogen-bond acceptors (Lipinski definition) is 7. The number of aryl methyl sites for hydroxylation is 1. The Kier molecular flexibility index (Phi) is 8.21. The number of amides is 2. The van der Waals surface area contributed by atoms with Crippen LogP contribution in [0.3, 0.4) is 0 Å². The zero-order valence-electron chi connectivity index (χ0n) is 15.8. The predicted octanol–water partition coefficient (Wildman–Crippen LogP) is -1.27. The summed E-state index contributed by atoms with van der Waals surface area (Å²) >= 11 is 0. The highest BCUT2D eigenvalue weighted by molar-refractivity contribution is 5.84. The minimum Gasteiger partial charge on any atom is -0.383 e. The Bertz CT molecular complexity index is 699. The van der Waals surface area contributed by atoms with Gasteiger partial charge in [-0.05, 0) is 13.3 Å². The van der Waals surface area contributed by atoms with Crippen molar-refractivity contribution in [1.29, 1.82) is 0 Å². The Morgan fingerprint density at radius 3 is 2.67 bits per heavy atom. The van der Waals surface area contributed by atoms with Crippen LogP contribution in [0.15, 0.2) is 4.79 Å². The lowest BCUT2D eigenvalue weighted by Crippen LogP contribution is -2.39. The highest BCUT2D eigenvalue weighted by atomic mass is 16.5. The maximum Gasteiger partial charge on any atom is 0.255 e. The van der Waals surface area contributed by atoms with E-state index in [2.05, 4.69) is 20.6 Å². The van der Waals surface area contributed by atoms with Gasteiger partial charge in [0.05, 0.1) is 26.4 Å². The first-order chi connectivity index (χ1) is 13.0. The van der Waals surface area contributed by atoms with E-state index in [0.717, 1.165) is 0 Å². The SMILES string of the molecule is COCCNC(=O)CNC(=O)CCc1c(C)nc(N2CCOCC2)[nH]c1=O. The summed E-state index contributed by atoms with van der Waals surface area (Å²) in [6, 6.07) is 0. The average Bonchev–Trinajstić information content (AvgIpc) is 2.66. The number of aromatic nitrogens is 2. The number of nitrogens with zero attached hydrogens (tertiary/aromatic N) is 2. The van der Waals surface area contributed by atoms with Gasteiger partial charge in [-0.2, -0.15) is 0 Å². The van der Waals surface area contributed by atoms with E-state index in [9.17, 15) is 14.4 Å². The van der Waals surface area contributed by atoms with Crippen molar-refractivity contribution >= 4 is 17.8 Å². The number of aromatic amines is 1. The van der Waals surface area contributed by atoms with Crippen molar-refractivity contribution in [2.75, 3.05) is 58.0 Å². The minimum atomic E-state index is -0.298. The number of methoxy groups -OCH3 is 1. The van der Waals surface area contributed by atoms with Crippen LogP contribution in [-0.4, -0.2) is 74.9 Å². The first-order valence-corrected chi connectivity index (χ1v) is 8.96.